The molecule has 2 aromatic heterocycles. The Kier molecular flexibility index (Phi) is 4.16. The molecule has 120 valence electrons. The van der Waals surface area contributed by atoms with E-state index in [2.05, 4.69) is 44.5 Å². The van der Waals surface area contributed by atoms with E-state index < -0.39 is 0 Å². The maximum Gasteiger partial charge on any atom is 0.225 e. The minimum atomic E-state index is 0.297. The van der Waals surface area contributed by atoms with Gasteiger partial charge in [-0.1, -0.05) is 30.3 Å². The molecule has 4 rings (SSSR count). The average Bonchev–Trinajstić information content (AvgIpc) is 2.70. The Morgan fingerprint density at radius 1 is 1.00 bits per heavy atom. The third-order valence-electron chi connectivity index (χ3n) is 4.26. The largest absolute Gasteiger partial charge is 0.338 e. The summed E-state index contributed by atoms with van der Waals surface area (Å²) in [5.74, 6) is 0.777. The van der Waals surface area contributed by atoms with Crippen molar-refractivity contribution in [3.63, 3.8) is 0 Å². The highest BCUT2D eigenvalue weighted by Crippen LogP contribution is 2.22. The quantitative estimate of drug-likeness (QED) is 0.805. The molecule has 5 heteroatoms. The van der Waals surface area contributed by atoms with Gasteiger partial charge in [0.05, 0.1) is 5.69 Å². The van der Waals surface area contributed by atoms with Crippen LogP contribution in [0.3, 0.4) is 0 Å². The zero-order valence-corrected chi connectivity index (χ0v) is 13.3. The molecule has 0 radical (unpaired) electrons. The molecule has 1 aliphatic heterocycles. The van der Waals surface area contributed by atoms with E-state index in [1.807, 2.05) is 36.7 Å². The number of aromatic nitrogens is 3. The van der Waals surface area contributed by atoms with Gasteiger partial charge in [-0.2, -0.15) is 0 Å². The number of rotatable bonds is 3. The first kappa shape index (κ1) is 14.8. The predicted octanol–water partition coefficient (Wildman–Crippen LogP) is 2.69. The van der Waals surface area contributed by atoms with Gasteiger partial charge in [0.1, 0.15) is 0 Å². The minimum Gasteiger partial charge on any atom is -0.338 e. The fourth-order valence-electron chi connectivity index (χ4n) is 3.02. The van der Waals surface area contributed by atoms with Crippen LogP contribution in [-0.2, 0) is 0 Å². The maximum atomic E-state index is 4.74. The fraction of sp³-hybridized carbons (Fsp3) is 0.211. The van der Waals surface area contributed by atoms with Gasteiger partial charge in [-0.05, 0) is 23.8 Å². The monoisotopic (exact) mass is 317 g/mol. The SMILES string of the molecule is c1ccc([C@@H]2CN(c3nccc(-c4cccnc4)n3)CCN2)cc1. The molecule has 0 bridgehead atoms. The Hall–Kier alpha value is -2.79. The van der Waals surface area contributed by atoms with E-state index >= 15 is 0 Å². The van der Waals surface area contributed by atoms with Crippen molar-refractivity contribution < 1.29 is 0 Å². The number of hydrogen-bond donors (Lipinski definition) is 1. The number of nitrogens with zero attached hydrogens (tertiary/aromatic N) is 4. The smallest absolute Gasteiger partial charge is 0.225 e. The first-order chi connectivity index (χ1) is 11.9. The van der Waals surface area contributed by atoms with Crippen molar-refractivity contribution in [2.24, 2.45) is 0 Å². The first-order valence-electron chi connectivity index (χ1n) is 8.17. The van der Waals surface area contributed by atoms with Crippen LogP contribution >= 0.6 is 0 Å². The molecular weight excluding hydrogens is 298 g/mol. The highest BCUT2D eigenvalue weighted by atomic mass is 15.3. The van der Waals surface area contributed by atoms with Crippen LogP contribution in [0.25, 0.3) is 11.3 Å². The van der Waals surface area contributed by atoms with Gasteiger partial charge in [0.2, 0.25) is 5.95 Å². The van der Waals surface area contributed by atoms with Crippen molar-refractivity contribution in [2.75, 3.05) is 24.5 Å². The van der Waals surface area contributed by atoms with E-state index in [0.29, 0.717) is 6.04 Å². The first-order valence-corrected chi connectivity index (χ1v) is 8.17. The molecule has 1 N–H and O–H groups in total. The molecule has 1 aromatic carbocycles. The van der Waals surface area contributed by atoms with Crippen LogP contribution < -0.4 is 10.2 Å². The van der Waals surface area contributed by atoms with Gasteiger partial charge in [0, 0.05) is 49.8 Å². The van der Waals surface area contributed by atoms with Crippen LogP contribution in [0.5, 0.6) is 0 Å². The van der Waals surface area contributed by atoms with Crippen molar-refractivity contribution in [3.8, 4) is 11.3 Å². The molecule has 0 spiro atoms. The number of hydrogen-bond acceptors (Lipinski definition) is 5. The van der Waals surface area contributed by atoms with E-state index in [1.54, 1.807) is 6.20 Å². The molecule has 3 aromatic rings. The van der Waals surface area contributed by atoms with Crippen molar-refractivity contribution in [1.29, 1.82) is 0 Å². The summed E-state index contributed by atoms with van der Waals surface area (Å²) >= 11 is 0. The van der Waals surface area contributed by atoms with Crippen molar-refractivity contribution in [3.05, 3.63) is 72.7 Å². The van der Waals surface area contributed by atoms with Gasteiger partial charge in [-0.3, -0.25) is 4.98 Å². The Labute approximate surface area is 141 Å². The van der Waals surface area contributed by atoms with E-state index in [4.69, 9.17) is 4.98 Å². The summed E-state index contributed by atoms with van der Waals surface area (Å²) in [5.41, 5.74) is 3.21. The third kappa shape index (κ3) is 3.12. The summed E-state index contributed by atoms with van der Waals surface area (Å²) in [5, 5.41) is 3.57. The van der Waals surface area contributed by atoms with Crippen molar-refractivity contribution >= 4 is 5.95 Å². The Bertz CT molecular complexity index is 791. The van der Waals surface area contributed by atoms with Crippen molar-refractivity contribution in [1.82, 2.24) is 20.3 Å². The summed E-state index contributed by atoms with van der Waals surface area (Å²) in [7, 11) is 0. The molecule has 1 fully saturated rings. The molecule has 5 nitrogen and oxygen atoms in total. The summed E-state index contributed by atoms with van der Waals surface area (Å²) < 4.78 is 0. The topological polar surface area (TPSA) is 53.9 Å². The molecule has 0 aliphatic carbocycles. The molecule has 24 heavy (non-hydrogen) atoms. The number of benzene rings is 1. The van der Waals surface area contributed by atoms with Gasteiger partial charge in [0.25, 0.3) is 0 Å². The van der Waals surface area contributed by atoms with E-state index in [1.165, 1.54) is 5.56 Å². The number of piperazine rings is 1. The lowest BCUT2D eigenvalue weighted by atomic mass is 10.0. The van der Waals surface area contributed by atoms with Gasteiger partial charge in [0.15, 0.2) is 0 Å². The second-order valence-corrected chi connectivity index (χ2v) is 5.85. The lowest BCUT2D eigenvalue weighted by Crippen LogP contribution is -2.46. The van der Waals surface area contributed by atoms with Crippen LogP contribution in [0.1, 0.15) is 11.6 Å². The summed E-state index contributed by atoms with van der Waals surface area (Å²) in [6.45, 7) is 2.68. The van der Waals surface area contributed by atoms with Gasteiger partial charge >= 0.3 is 0 Å². The number of pyridine rings is 1. The van der Waals surface area contributed by atoms with Gasteiger partial charge < -0.3 is 10.2 Å². The molecule has 1 atom stereocenters. The lowest BCUT2D eigenvalue weighted by molar-refractivity contribution is 0.467. The number of anilines is 1. The average molecular weight is 317 g/mol. The molecule has 0 unspecified atom stereocenters. The third-order valence-corrected chi connectivity index (χ3v) is 4.26. The predicted molar refractivity (Wildman–Crippen MR) is 94.7 cm³/mol. The van der Waals surface area contributed by atoms with E-state index in [0.717, 1.165) is 36.8 Å². The summed E-state index contributed by atoms with van der Waals surface area (Å²) in [6, 6.07) is 16.7. The number of nitrogens with one attached hydrogen (secondary N) is 1. The van der Waals surface area contributed by atoms with Crippen molar-refractivity contribution in [2.45, 2.75) is 6.04 Å². The fourth-order valence-corrected chi connectivity index (χ4v) is 3.02. The minimum absolute atomic E-state index is 0.297. The molecule has 0 amide bonds. The lowest BCUT2D eigenvalue weighted by Gasteiger charge is -2.34. The van der Waals surface area contributed by atoms with E-state index in [9.17, 15) is 0 Å². The summed E-state index contributed by atoms with van der Waals surface area (Å²) in [4.78, 5) is 15.6. The Morgan fingerprint density at radius 3 is 2.75 bits per heavy atom. The molecule has 0 saturated carbocycles. The van der Waals surface area contributed by atoms with E-state index in [-0.39, 0.29) is 0 Å². The maximum absolute atomic E-state index is 4.74. The zero-order valence-electron chi connectivity index (χ0n) is 13.3. The van der Waals surface area contributed by atoms with Crippen LogP contribution in [0, 0.1) is 0 Å². The Morgan fingerprint density at radius 2 is 1.92 bits per heavy atom. The second kappa shape index (κ2) is 6.76. The standard InChI is InChI=1S/C19H19N5/c1-2-5-15(6-3-1)18-14-24(12-11-21-18)19-22-10-8-17(23-19)16-7-4-9-20-13-16/h1-10,13,18,21H,11-12,14H2/t18-/m0/s1. The molecular formula is C19H19N5. The summed E-state index contributed by atoms with van der Waals surface area (Å²) in [6.07, 6.45) is 5.42. The van der Waals surface area contributed by atoms with Crippen LogP contribution in [0.2, 0.25) is 0 Å². The highest BCUT2D eigenvalue weighted by molar-refractivity contribution is 5.58. The highest BCUT2D eigenvalue weighted by Gasteiger charge is 2.22. The van der Waals surface area contributed by atoms with Gasteiger partial charge in [-0.15, -0.1) is 0 Å². The molecule has 3 heterocycles. The molecule has 1 aliphatic rings. The van der Waals surface area contributed by atoms with Crippen LogP contribution in [0.4, 0.5) is 5.95 Å². The zero-order chi connectivity index (χ0) is 16.2. The Balaban J connectivity index is 1.57. The molecule has 1 saturated heterocycles. The van der Waals surface area contributed by atoms with Gasteiger partial charge in [-0.25, -0.2) is 9.97 Å². The normalized spacial score (nSPS) is 17.7. The van der Waals surface area contributed by atoms with Crippen LogP contribution in [0.15, 0.2) is 67.1 Å². The second-order valence-electron chi connectivity index (χ2n) is 5.85. The van der Waals surface area contributed by atoms with Crippen LogP contribution in [-0.4, -0.2) is 34.6 Å².